The zero-order chi connectivity index (χ0) is 27.4. The van der Waals surface area contributed by atoms with E-state index in [9.17, 15) is 4.79 Å². The summed E-state index contributed by atoms with van der Waals surface area (Å²) in [5.41, 5.74) is 1.08. The van der Waals surface area contributed by atoms with E-state index >= 15 is 0 Å². The highest BCUT2D eigenvalue weighted by atomic mass is 16.6. The first-order valence-corrected chi connectivity index (χ1v) is 14.7. The Balaban J connectivity index is 1.36. The quantitative estimate of drug-likeness (QED) is 0.368. The zero-order valence-corrected chi connectivity index (χ0v) is 23.4. The molecule has 0 radical (unpaired) electrons. The van der Waals surface area contributed by atoms with Crippen LogP contribution < -0.4 is 4.74 Å². The summed E-state index contributed by atoms with van der Waals surface area (Å²) in [4.78, 5) is 27.4. The maximum Gasteiger partial charge on any atom is 0.415 e. The molecule has 40 heavy (non-hydrogen) atoms. The van der Waals surface area contributed by atoms with Gasteiger partial charge in [-0.2, -0.15) is 0 Å². The number of aromatic nitrogens is 1. The molecule has 3 aliphatic rings. The standard InChI is InChI=1S/C33H40N4O3/c1-26-11-15-33(25-26,32(14-6-17-35-32)16-20-36-21-23-39-24-22-36)37(19-13-27-7-3-2-4-8-27)31(38)40-29-10-5-9-28-12-18-34-30(28)29/h2-10,12,14,17-18,26,34H,11,13,15-16,19-25H2,1H3. The molecule has 1 aromatic heterocycles. The Morgan fingerprint density at radius 1 is 1.15 bits per heavy atom. The summed E-state index contributed by atoms with van der Waals surface area (Å²) in [5, 5.41) is 1.02. The van der Waals surface area contributed by atoms with Gasteiger partial charge in [0.15, 0.2) is 5.75 Å². The predicted molar refractivity (Wildman–Crippen MR) is 159 cm³/mol. The van der Waals surface area contributed by atoms with E-state index in [1.807, 2.05) is 42.7 Å². The van der Waals surface area contributed by atoms with E-state index in [1.54, 1.807) is 0 Å². The molecule has 210 valence electrons. The summed E-state index contributed by atoms with van der Waals surface area (Å²) >= 11 is 0. The number of allylic oxidation sites excluding steroid dienone is 1. The molecule has 7 nitrogen and oxygen atoms in total. The number of H-pyrrole nitrogens is 1. The lowest BCUT2D eigenvalue weighted by atomic mass is 9.71. The Bertz CT molecular complexity index is 1350. The number of hydrogen-bond acceptors (Lipinski definition) is 5. The smallest absolute Gasteiger partial charge is 0.408 e. The van der Waals surface area contributed by atoms with Gasteiger partial charge in [0, 0.05) is 44.0 Å². The summed E-state index contributed by atoms with van der Waals surface area (Å²) in [6, 6.07) is 18.3. The number of nitrogens with zero attached hydrogens (tertiary/aromatic N) is 3. The number of aromatic amines is 1. The molecule has 3 aromatic rings. The van der Waals surface area contributed by atoms with Crippen LogP contribution in [0.15, 0.2) is 77.9 Å². The van der Waals surface area contributed by atoms with Crippen LogP contribution in [0.5, 0.6) is 5.75 Å². The molecule has 1 aliphatic carbocycles. The predicted octanol–water partition coefficient (Wildman–Crippen LogP) is 5.87. The summed E-state index contributed by atoms with van der Waals surface area (Å²) in [7, 11) is 0. The van der Waals surface area contributed by atoms with Gasteiger partial charge in [-0.25, -0.2) is 4.79 Å². The number of nitrogens with one attached hydrogen (secondary N) is 1. The minimum Gasteiger partial charge on any atom is -0.408 e. The molecule has 3 unspecified atom stereocenters. The Morgan fingerprint density at radius 3 is 2.75 bits per heavy atom. The van der Waals surface area contributed by atoms with Gasteiger partial charge in [0.2, 0.25) is 0 Å². The fourth-order valence-corrected chi connectivity index (χ4v) is 7.02. The number of carbonyl (C=O) groups is 1. The van der Waals surface area contributed by atoms with E-state index in [-0.39, 0.29) is 6.09 Å². The van der Waals surface area contributed by atoms with Gasteiger partial charge in [-0.05, 0) is 61.8 Å². The van der Waals surface area contributed by atoms with Crippen LogP contribution in [0.1, 0.15) is 38.2 Å². The molecule has 1 saturated heterocycles. The van der Waals surface area contributed by atoms with Crippen LogP contribution in [0.3, 0.4) is 0 Å². The van der Waals surface area contributed by atoms with Gasteiger partial charge in [0.25, 0.3) is 0 Å². The number of hydrogen-bond donors (Lipinski definition) is 1. The van der Waals surface area contributed by atoms with Crippen LogP contribution >= 0.6 is 0 Å². The summed E-state index contributed by atoms with van der Waals surface area (Å²) in [5.74, 6) is 1.05. The van der Waals surface area contributed by atoms with Crippen molar-refractivity contribution in [3.63, 3.8) is 0 Å². The van der Waals surface area contributed by atoms with Crippen molar-refractivity contribution in [3.05, 3.63) is 78.5 Å². The molecule has 1 saturated carbocycles. The van der Waals surface area contributed by atoms with E-state index in [0.29, 0.717) is 18.2 Å². The highest BCUT2D eigenvalue weighted by Crippen LogP contribution is 2.51. The molecule has 3 atom stereocenters. The number of rotatable bonds is 9. The fraction of sp³-hybridized carbons (Fsp3) is 0.455. The van der Waals surface area contributed by atoms with Crippen molar-refractivity contribution in [2.45, 2.75) is 50.1 Å². The lowest BCUT2D eigenvalue weighted by Gasteiger charge is -2.51. The second kappa shape index (κ2) is 11.6. The molecule has 1 amide bonds. The molecule has 0 spiro atoms. The number of aliphatic imine (C=N–C) groups is 1. The molecule has 3 heterocycles. The van der Waals surface area contributed by atoms with Crippen molar-refractivity contribution < 1.29 is 14.3 Å². The molecule has 2 fully saturated rings. The molecule has 2 aromatic carbocycles. The largest absolute Gasteiger partial charge is 0.415 e. The van der Waals surface area contributed by atoms with Gasteiger partial charge in [0.1, 0.15) is 5.54 Å². The van der Waals surface area contributed by atoms with Gasteiger partial charge in [-0.3, -0.25) is 14.8 Å². The van der Waals surface area contributed by atoms with Gasteiger partial charge in [-0.1, -0.05) is 55.5 Å². The Morgan fingerprint density at radius 2 is 2.00 bits per heavy atom. The molecule has 7 heteroatoms. The number of fused-ring (bicyclic) bond motifs is 1. The van der Waals surface area contributed by atoms with Crippen LogP contribution in [-0.2, 0) is 11.2 Å². The second-order valence-electron chi connectivity index (χ2n) is 11.6. The Hall–Kier alpha value is -3.42. The van der Waals surface area contributed by atoms with Crippen molar-refractivity contribution in [2.75, 3.05) is 39.4 Å². The molecule has 2 aliphatic heterocycles. The first-order valence-electron chi connectivity index (χ1n) is 14.7. The fourth-order valence-electron chi connectivity index (χ4n) is 7.02. The second-order valence-corrected chi connectivity index (χ2v) is 11.6. The monoisotopic (exact) mass is 540 g/mol. The maximum atomic E-state index is 14.4. The van der Waals surface area contributed by atoms with Crippen LogP contribution in [-0.4, -0.2) is 77.6 Å². The topological polar surface area (TPSA) is 70.2 Å². The van der Waals surface area contributed by atoms with Gasteiger partial charge < -0.3 is 14.5 Å². The van der Waals surface area contributed by atoms with Crippen LogP contribution in [0.2, 0.25) is 0 Å². The molecule has 6 rings (SSSR count). The molecule has 1 N–H and O–H groups in total. The normalized spacial score (nSPS) is 26.5. The lowest BCUT2D eigenvalue weighted by Crippen LogP contribution is -2.64. The minimum atomic E-state index is -0.496. The summed E-state index contributed by atoms with van der Waals surface area (Å²) in [6.45, 7) is 7.21. The lowest BCUT2D eigenvalue weighted by molar-refractivity contribution is 0.0178. The van der Waals surface area contributed by atoms with E-state index in [4.69, 9.17) is 14.5 Å². The van der Waals surface area contributed by atoms with Crippen molar-refractivity contribution in [3.8, 4) is 5.75 Å². The molecule has 0 bridgehead atoms. The number of para-hydroxylation sites is 1. The van der Waals surface area contributed by atoms with E-state index in [0.717, 1.165) is 75.9 Å². The zero-order valence-electron chi connectivity index (χ0n) is 23.4. The number of benzene rings is 2. The van der Waals surface area contributed by atoms with Gasteiger partial charge >= 0.3 is 6.09 Å². The number of ether oxygens (including phenoxy) is 2. The highest BCUT2D eigenvalue weighted by molar-refractivity contribution is 5.87. The van der Waals surface area contributed by atoms with Crippen molar-refractivity contribution >= 4 is 23.2 Å². The third-order valence-electron chi connectivity index (χ3n) is 9.17. The Labute approximate surface area is 236 Å². The van der Waals surface area contributed by atoms with E-state index in [1.165, 1.54) is 5.56 Å². The van der Waals surface area contributed by atoms with Crippen LogP contribution in [0.4, 0.5) is 4.79 Å². The summed E-state index contributed by atoms with van der Waals surface area (Å²) < 4.78 is 11.9. The molecular formula is C33H40N4O3. The Kier molecular flexibility index (Phi) is 7.76. The van der Waals surface area contributed by atoms with Crippen molar-refractivity contribution in [1.82, 2.24) is 14.8 Å². The van der Waals surface area contributed by atoms with Crippen molar-refractivity contribution in [1.29, 1.82) is 0 Å². The third-order valence-corrected chi connectivity index (χ3v) is 9.17. The number of carbonyl (C=O) groups excluding carboxylic acids is 1. The maximum absolute atomic E-state index is 14.4. The SMILES string of the molecule is CC1CCC(N(CCc2ccccc2)C(=O)Oc2cccc3cc[nH]c23)(C2(CCN3CCOCC3)C=CC=N2)C1. The van der Waals surface area contributed by atoms with Gasteiger partial charge in [-0.15, -0.1) is 0 Å². The number of amides is 1. The number of morpholine rings is 1. The average molecular weight is 541 g/mol. The highest BCUT2D eigenvalue weighted by Gasteiger charge is 2.58. The third kappa shape index (κ3) is 5.20. The van der Waals surface area contributed by atoms with E-state index in [2.05, 4.69) is 58.1 Å². The first-order chi connectivity index (χ1) is 19.6. The van der Waals surface area contributed by atoms with Gasteiger partial charge in [0.05, 0.1) is 24.3 Å². The average Bonchev–Trinajstić information content (AvgIpc) is 3.75. The summed E-state index contributed by atoms with van der Waals surface area (Å²) in [6.07, 6.45) is 12.3. The first kappa shape index (κ1) is 26.8. The van der Waals surface area contributed by atoms with Crippen LogP contribution in [0.25, 0.3) is 10.9 Å². The van der Waals surface area contributed by atoms with Crippen LogP contribution in [0, 0.1) is 5.92 Å². The van der Waals surface area contributed by atoms with E-state index < -0.39 is 11.1 Å². The minimum absolute atomic E-state index is 0.298. The van der Waals surface area contributed by atoms with Crippen molar-refractivity contribution in [2.24, 2.45) is 10.9 Å². The molecular weight excluding hydrogens is 500 g/mol.